The van der Waals surface area contributed by atoms with Crippen molar-refractivity contribution >= 4 is 5.97 Å². The summed E-state index contributed by atoms with van der Waals surface area (Å²) in [5.41, 5.74) is 0. The van der Waals surface area contributed by atoms with Gasteiger partial charge in [-0.1, -0.05) is 26.2 Å². The quantitative estimate of drug-likeness (QED) is 0.754. The number of carboxylic acid groups (broad SMARTS) is 1. The second-order valence-corrected chi connectivity index (χ2v) is 4.67. The topological polar surface area (TPSA) is 40.5 Å². The lowest BCUT2D eigenvalue weighted by atomic mass is 9.76. The minimum atomic E-state index is -0.672. The SMILES string of the molecule is CC1CCCCC1C(C(=O)O)N(C)C. The van der Waals surface area contributed by atoms with Crippen molar-refractivity contribution in [1.82, 2.24) is 4.90 Å². The van der Waals surface area contributed by atoms with Gasteiger partial charge in [-0.2, -0.15) is 0 Å². The van der Waals surface area contributed by atoms with Gasteiger partial charge < -0.3 is 5.11 Å². The Bertz CT molecular complexity index is 203. The standard InChI is InChI=1S/C11H21NO2/c1-8-6-4-5-7-9(8)10(11(13)14)12(2)3/h8-10H,4-7H2,1-3H3,(H,13,14). The first-order chi connectivity index (χ1) is 6.54. The smallest absolute Gasteiger partial charge is 0.321 e. The van der Waals surface area contributed by atoms with Gasteiger partial charge in [0.2, 0.25) is 0 Å². The lowest BCUT2D eigenvalue weighted by molar-refractivity contribution is -0.145. The van der Waals surface area contributed by atoms with Crippen LogP contribution in [0.25, 0.3) is 0 Å². The number of hydrogen-bond donors (Lipinski definition) is 1. The van der Waals surface area contributed by atoms with E-state index in [9.17, 15) is 9.90 Å². The first-order valence-electron chi connectivity index (χ1n) is 5.43. The Morgan fingerprint density at radius 1 is 1.36 bits per heavy atom. The molecule has 0 heterocycles. The molecule has 3 heteroatoms. The van der Waals surface area contributed by atoms with Gasteiger partial charge in [-0.15, -0.1) is 0 Å². The highest BCUT2D eigenvalue weighted by Gasteiger charge is 2.34. The van der Waals surface area contributed by atoms with E-state index in [0.29, 0.717) is 11.8 Å². The molecule has 0 spiro atoms. The third kappa shape index (κ3) is 2.47. The second-order valence-electron chi connectivity index (χ2n) is 4.67. The molecule has 0 aromatic carbocycles. The Morgan fingerprint density at radius 3 is 2.36 bits per heavy atom. The number of nitrogens with zero attached hydrogens (tertiary/aromatic N) is 1. The Hall–Kier alpha value is -0.570. The number of rotatable bonds is 3. The molecule has 14 heavy (non-hydrogen) atoms. The molecule has 82 valence electrons. The van der Waals surface area contributed by atoms with E-state index in [-0.39, 0.29) is 6.04 Å². The Labute approximate surface area is 86.1 Å². The molecule has 1 rings (SSSR count). The predicted octanol–water partition coefficient (Wildman–Crippen LogP) is 1.83. The first-order valence-corrected chi connectivity index (χ1v) is 5.43. The molecule has 1 aliphatic rings. The van der Waals surface area contributed by atoms with E-state index in [0.717, 1.165) is 6.42 Å². The van der Waals surface area contributed by atoms with Crippen molar-refractivity contribution in [2.75, 3.05) is 14.1 Å². The van der Waals surface area contributed by atoms with Gasteiger partial charge in [-0.05, 0) is 32.4 Å². The molecule has 0 bridgehead atoms. The highest BCUT2D eigenvalue weighted by atomic mass is 16.4. The van der Waals surface area contributed by atoms with Crippen molar-refractivity contribution in [3.05, 3.63) is 0 Å². The molecule has 3 nitrogen and oxygen atoms in total. The summed E-state index contributed by atoms with van der Waals surface area (Å²) in [6.07, 6.45) is 4.70. The lowest BCUT2D eigenvalue weighted by Crippen LogP contribution is -2.45. The molecule has 1 saturated carbocycles. The van der Waals surface area contributed by atoms with Gasteiger partial charge in [0.25, 0.3) is 0 Å². The summed E-state index contributed by atoms with van der Waals surface area (Å²) in [4.78, 5) is 13.0. The van der Waals surface area contributed by atoms with Gasteiger partial charge in [0.15, 0.2) is 0 Å². The van der Waals surface area contributed by atoms with Gasteiger partial charge in [0, 0.05) is 0 Å². The minimum absolute atomic E-state index is 0.301. The Morgan fingerprint density at radius 2 is 1.93 bits per heavy atom. The van der Waals surface area contributed by atoms with Crippen LogP contribution in [-0.4, -0.2) is 36.1 Å². The number of likely N-dealkylation sites (N-methyl/N-ethyl adjacent to an activating group) is 1. The average molecular weight is 199 g/mol. The van der Waals surface area contributed by atoms with Crippen molar-refractivity contribution in [2.24, 2.45) is 11.8 Å². The monoisotopic (exact) mass is 199 g/mol. The summed E-state index contributed by atoms with van der Waals surface area (Å²) in [5, 5.41) is 9.17. The third-order valence-electron chi connectivity index (χ3n) is 3.39. The van der Waals surface area contributed by atoms with E-state index >= 15 is 0 Å². The lowest BCUT2D eigenvalue weighted by Gasteiger charge is -2.36. The average Bonchev–Trinajstić information content (AvgIpc) is 2.07. The van der Waals surface area contributed by atoms with Crippen LogP contribution < -0.4 is 0 Å². The number of hydrogen-bond acceptors (Lipinski definition) is 2. The summed E-state index contributed by atoms with van der Waals surface area (Å²) >= 11 is 0. The fraction of sp³-hybridized carbons (Fsp3) is 0.909. The fourth-order valence-electron chi connectivity index (χ4n) is 2.60. The van der Waals surface area contributed by atoms with Crippen molar-refractivity contribution in [1.29, 1.82) is 0 Å². The molecule has 0 saturated heterocycles. The van der Waals surface area contributed by atoms with Gasteiger partial charge in [-0.25, -0.2) is 0 Å². The molecule has 0 aromatic heterocycles. The van der Waals surface area contributed by atoms with Gasteiger partial charge >= 0.3 is 5.97 Å². The maximum atomic E-state index is 11.1. The van der Waals surface area contributed by atoms with Gasteiger partial charge in [0.1, 0.15) is 6.04 Å². The van der Waals surface area contributed by atoms with Crippen LogP contribution in [0.15, 0.2) is 0 Å². The molecule has 0 amide bonds. The van der Waals surface area contributed by atoms with Crippen LogP contribution in [-0.2, 0) is 4.79 Å². The summed E-state index contributed by atoms with van der Waals surface area (Å²) in [6, 6.07) is -0.301. The van der Waals surface area contributed by atoms with E-state index in [2.05, 4.69) is 6.92 Å². The molecule has 3 atom stereocenters. The predicted molar refractivity (Wildman–Crippen MR) is 56.2 cm³/mol. The summed E-state index contributed by atoms with van der Waals surface area (Å²) in [5.74, 6) is 0.206. The van der Waals surface area contributed by atoms with Crippen molar-refractivity contribution in [3.63, 3.8) is 0 Å². The molecule has 1 aliphatic carbocycles. The van der Waals surface area contributed by atoms with E-state index < -0.39 is 5.97 Å². The van der Waals surface area contributed by atoms with E-state index in [1.165, 1.54) is 19.3 Å². The van der Waals surface area contributed by atoms with Crippen LogP contribution in [0.3, 0.4) is 0 Å². The molecule has 1 fully saturated rings. The zero-order chi connectivity index (χ0) is 10.7. The summed E-state index contributed by atoms with van der Waals surface area (Å²) in [7, 11) is 3.72. The zero-order valence-electron chi connectivity index (χ0n) is 9.36. The summed E-state index contributed by atoms with van der Waals surface area (Å²) < 4.78 is 0. The van der Waals surface area contributed by atoms with Crippen LogP contribution in [0.5, 0.6) is 0 Å². The summed E-state index contributed by atoms with van der Waals surface area (Å²) in [6.45, 7) is 2.18. The molecular formula is C11H21NO2. The van der Waals surface area contributed by atoms with Crippen LogP contribution in [0, 0.1) is 11.8 Å². The molecule has 0 aliphatic heterocycles. The maximum Gasteiger partial charge on any atom is 0.321 e. The van der Waals surface area contributed by atoms with Crippen LogP contribution in [0.2, 0.25) is 0 Å². The Kier molecular flexibility index (Phi) is 3.93. The van der Waals surface area contributed by atoms with Crippen molar-refractivity contribution in [3.8, 4) is 0 Å². The number of carbonyl (C=O) groups is 1. The van der Waals surface area contributed by atoms with Crippen molar-refractivity contribution < 1.29 is 9.90 Å². The number of carboxylic acids is 1. The van der Waals surface area contributed by atoms with Crippen molar-refractivity contribution in [2.45, 2.75) is 38.6 Å². The van der Waals surface area contributed by atoms with E-state index in [4.69, 9.17) is 0 Å². The largest absolute Gasteiger partial charge is 0.480 e. The minimum Gasteiger partial charge on any atom is -0.480 e. The third-order valence-corrected chi connectivity index (χ3v) is 3.39. The fourth-order valence-corrected chi connectivity index (χ4v) is 2.60. The molecular weight excluding hydrogens is 178 g/mol. The normalized spacial score (nSPS) is 30.3. The molecule has 0 radical (unpaired) electrons. The first kappa shape index (κ1) is 11.5. The highest BCUT2D eigenvalue weighted by Crippen LogP contribution is 2.33. The molecule has 3 unspecified atom stereocenters. The van der Waals surface area contributed by atoms with Gasteiger partial charge in [-0.3, -0.25) is 9.69 Å². The Balaban J connectivity index is 2.70. The highest BCUT2D eigenvalue weighted by molar-refractivity contribution is 5.73. The van der Waals surface area contributed by atoms with Gasteiger partial charge in [0.05, 0.1) is 0 Å². The zero-order valence-corrected chi connectivity index (χ0v) is 9.36. The maximum absolute atomic E-state index is 11.1. The van der Waals surface area contributed by atoms with Crippen LogP contribution >= 0.6 is 0 Å². The number of aliphatic carboxylic acids is 1. The van der Waals surface area contributed by atoms with E-state index in [1.54, 1.807) is 0 Å². The molecule has 1 N–H and O–H groups in total. The van der Waals surface area contributed by atoms with E-state index in [1.807, 2.05) is 19.0 Å². The van der Waals surface area contributed by atoms with Crippen LogP contribution in [0.1, 0.15) is 32.6 Å². The molecule has 0 aromatic rings. The van der Waals surface area contributed by atoms with Crippen LogP contribution in [0.4, 0.5) is 0 Å². The second kappa shape index (κ2) is 4.78.